The molecule has 2 aromatic rings. The van der Waals surface area contributed by atoms with Crippen LogP contribution >= 0.6 is 0 Å². The number of carbonyl (C=O) groups is 1. The summed E-state index contributed by atoms with van der Waals surface area (Å²) in [5.74, 6) is 0.376. The third-order valence-electron chi connectivity index (χ3n) is 3.05. The summed E-state index contributed by atoms with van der Waals surface area (Å²) >= 11 is 0. The third-order valence-corrected chi connectivity index (χ3v) is 3.05. The molecule has 2 aromatic heterocycles. The Bertz CT molecular complexity index is 563. The molecule has 6 nitrogen and oxygen atoms in total. The second-order valence-corrected chi connectivity index (χ2v) is 4.47. The second kappa shape index (κ2) is 6.70. The van der Waals surface area contributed by atoms with Crippen molar-refractivity contribution in [3.63, 3.8) is 0 Å². The number of hydrogen-bond acceptors (Lipinski definition) is 4. The van der Waals surface area contributed by atoms with Gasteiger partial charge in [0.2, 0.25) is 5.88 Å². The van der Waals surface area contributed by atoms with E-state index in [0.717, 1.165) is 18.5 Å². The number of methoxy groups -OCH3 is 1. The third kappa shape index (κ3) is 3.57. The van der Waals surface area contributed by atoms with Crippen LogP contribution in [0.15, 0.2) is 24.5 Å². The van der Waals surface area contributed by atoms with Crippen LogP contribution in [-0.2, 0) is 6.42 Å². The summed E-state index contributed by atoms with van der Waals surface area (Å²) in [6.07, 6.45) is 5.10. The zero-order chi connectivity index (χ0) is 14.4. The largest absolute Gasteiger partial charge is 0.481 e. The van der Waals surface area contributed by atoms with Crippen LogP contribution in [0.2, 0.25) is 0 Å². The number of aromatic amines is 1. The van der Waals surface area contributed by atoms with Gasteiger partial charge in [0.05, 0.1) is 18.9 Å². The van der Waals surface area contributed by atoms with Gasteiger partial charge in [-0.3, -0.25) is 9.89 Å². The van der Waals surface area contributed by atoms with Gasteiger partial charge >= 0.3 is 0 Å². The standard InChI is InChI=1S/C14H18N4O2/c1-10-11(9-17-18-10)4-3-7-15-14(19)12-5-6-13(20-2)16-8-12/h5-6,8-9H,3-4,7H2,1-2H3,(H,15,19)(H,17,18). The van der Waals surface area contributed by atoms with Crippen LogP contribution in [0, 0.1) is 6.92 Å². The molecule has 0 unspecified atom stereocenters. The maximum Gasteiger partial charge on any atom is 0.252 e. The molecule has 0 aromatic carbocycles. The van der Waals surface area contributed by atoms with Crippen LogP contribution in [0.25, 0.3) is 0 Å². The fourth-order valence-corrected chi connectivity index (χ4v) is 1.85. The summed E-state index contributed by atoms with van der Waals surface area (Å²) in [6.45, 7) is 2.61. The number of carbonyl (C=O) groups excluding carboxylic acids is 1. The molecule has 0 aliphatic heterocycles. The summed E-state index contributed by atoms with van der Waals surface area (Å²) in [4.78, 5) is 15.9. The summed E-state index contributed by atoms with van der Waals surface area (Å²) in [7, 11) is 1.54. The van der Waals surface area contributed by atoms with E-state index >= 15 is 0 Å². The summed E-state index contributed by atoms with van der Waals surface area (Å²) in [5, 5.41) is 9.73. The molecule has 0 aliphatic carbocycles. The van der Waals surface area contributed by atoms with E-state index in [9.17, 15) is 4.79 Å². The molecule has 0 spiro atoms. The molecule has 0 radical (unpaired) electrons. The Hall–Kier alpha value is -2.37. The second-order valence-electron chi connectivity index (χ2n) is 4.47. The first-order chi connectivity index (χ1) is 9.70. The van der Waals surface area contributed by atoms with Crippen molar-refractivity contribution in [3.05, 3.63) is 41.3 Å². The lowest BCUT2D eigenvalue weighted by Gasteiger charge is -2.05. The smallest absolute Gasteiger partial charge is 0.252 e. The minimum atomic E-state index is -0.121. The number of nitrogens with one attached hydrogen (secondary N) is 2. The highest BCUT2D eigenvalue weighted by atomic mass is 16.5. The van der Waals surface area contributed by atoms with E-state index < -0.39 is 0 Å². The number of rotatable bonds is 6. The topological polar surface area (TPSA) is 79.9 Å². The van der Waals surface area contributed by atoms with Crippen LogP contribution in [0.4, 0.5) is 0 Å². The van der Waals surface area contributed by atoms with E-state index in [1.165, 1.54) is 11.8 Å². The molecule has 2 rings (SSSR count). The lowest BCUT2D eigenvalue weighted by molar-refractivity contribution is 0.0953. The fourth-order valence-electron chi connectivity index (χ4n) is 1.85. The molecule has 106 valence electrons. The van der Waals surface area contributed by atoms with Crippen LogP contribution in [0.1, 0.15) is 28.0 Å². The zero-order valence-corrected chi connectivity index (χ0v) is 11.6. The van der Waals surface area contributed by atoms with E-state index in [2.05, 4.69) is 20.5 Å². The van der Waals surface area contributed by atoms with E-state index in [-0.39, 0.29) is 5.91 Å². The molecule has 20 heavy (non-hydrogen) atoms. The van der Waals surface area contributed by atoms with E-state index in [4.69, 9.17) is 4.74 Å². The zero-order valence-electron chi connectivity index (χ0n) is 11.6. The summed E-state index contributed by atoms with van der Waals surface area (Å²) in [6, 6.07) is 3.37. The summed E-state index contributed by atoms with van der Waals surface area (Å²) in [5.41, 5.74) is 2.80. The Morgan fingerprint density at radius 3 is 2.85 bits per heavy atom. The van der Waals surface area contributed by atoms with Gasteiger partial charge in [-0.05, 0) is 31.4 Å². The minimum absolute atomic E-state index is 0.121. The van der Waals surface area contributed by atoms with E-state index in [1.54, 1.807) is 19.2 Å². The molecule has 6 heteroatoms. The van der Waals surface area contributed by atoms with Crippen molar-refractivity contribution in [2.45, 2.75) is 19.8 Å². The number of hydrogen-bond donors (Lipinski definition) is 2. The van der Waals surface area contributed by atoms with Crippen molar-refractivity contribution < 1.29 is 9.53 Å². The Kier molecular flexibility index (Phi) is 4.70. The van der Waals surface area contributed by atoms with Gasteiger partial charge in [-0.15, -0.1) is 0 Å². The van der Waals surface area contributed by atoms with Crippen molar-refractivity contribution in [1.29, 1.82) is 0 Å². The number of aromatic nitrogens is 3. The van der Waals surface area contributed by atoms with Crippen LogP contribution in [0.5, 0.6) is 5.88 Å². The molecule has 0 saturated heterocycles. The SMILES string of the molecule is COc1ccc(C(=O)NCCCc2cn[nH]c2C)cn1. The summed E-state index contributed by atoms with van der Waals surface area (Å²) < 4.78 is 4.95. The van der Waals surface area contributed by atoms with Gasteiger partial charge in [0.15, 0.2) is 0 Å². The van der Waals surface area contributed by atoms with Crippen LogP contribution in [0.3, 0.4) is 0 Å². The number of nitrogens with zero attached hydrogens (tertiary/aromatic N) is 2. The Morgan fingerprint density at radius 1 is 1.40 bits per heavy atom. The highest BCUT2D eigenvalue weighted by Gasteiger charge is 2.06. The van der Waals surface area contributed by atoms with E-state index in [0.29, 0.717) is 18.0 Å². The van der Waals surface area contributed by atoms with Crippen molar-refractivity contribution in [2.24, 2.45) is 0 Å². The normalized spacial score (nSPS) is 10.3. The Labute approximate surface area is 117 Å². The molecule has 0 aliphatic rings. The lowest BCUT2D eigenvalue weighted by Crippen LogP contribution is -2.24. The van der Waals surface area contributed by atoms with Gasteiger partial charge in [0.25, 0.3) is 5.91 Å². The Balaban J connectivity index is 1.76. The molecule has 0 saturated carbocycles. The van der Waals surface area contributed by atoms with Crippen molar-refractivity contribution in [3.8, 4) is 5.88 Å². The molecule has 2 heterocycles. The predicted octanol–water partition coefficient (Wildman–Crippen LogP) is 1.48. The monoisotopic (exact) mass is 274 g/mol. The van der Waals surface area contributed by atoms with Gasteiger partial charge in [-0.25, -0.2) is 4.98 Å². The minimum Gasteiger partial charge on any atom is -0.481 e. The first-order valence-corrected chi connectivity index (χ1v) is 6.48. The van der Waals surface area contributed by atoms with Crippen molar-refractivity contribution >= 4 is 5.91 Å². The van der Waals surface area contributed by atoms with Crippen LogP contribution in [-0.4, -0.2) is 34.7 Å². The molecular weight excluding hydrogens is 256 g/mol. The van der Waals surface area contributed by atoms with Crippen LogP contribution < -0.4 is 10.1 Å². The first-order valence-electron chi connectivity index (χ1n) is 6.48. The molecular formula is C14H18N4O2. The highest BCUT2D eigenvalue weighted by Crippen LogP contribution is 2.07. The number of ether oxygens (including phenoxy) is 1. The molecule has 1 amide bonds. The fraction of sp³-hybridized carbons (Fsp3) is 0.357. The van der Waals surface area contributed by atoms with Gasteiger partial charge < -0.3 is 10.1 Å². The van der Waals surface area contributed by atoms with Crippen molar-refractivity contribution in [2.75, 3.05) is 13.7 Å². The molecule has 0 fully saturated rings. The van der Waals surface area contributed by atoms with Gasteiger partial charge in [-0.1, -0.05) is 0 Å². The average molecular weight is 274 g/mol. The predicted molar refractivity (Wildman–Crippen MR) is 74.8 cm³/mol. The van der Waals surface area contributed by atoms with Crippen molar-refractivity contribution in [1.82, 2.24) is 20.5 Å². The quantitative estimate of drug-likeness (QED) is 0.782. The first kappa shape index (κ1) is 14.0. The number of H-pyrrole nitrogens is 1. The van der Waals surface area contributed by atoms with Gasteiger partial charge in [-0.2, -0.15) is 5.10 Å². The number of aryl methyl sites for hydroxylation is 2. The molecule has 0 atom stereocenters. The van der Waals surface area contributed by atoms with Gasteiger partial charge in [0.1, 0.15) is 0 Å². The maximum absolute atomic E-state index is 11.9. The average Bonchev–Trinajstić information content (AvgIpc) is 2.89. The number of pyridine rings is 1. The maximum atomic E-state index is 11.9. The Morgan fingerprint density at radius 2 is 2.25 bits per heavy atom. The number of amides is 1. The van der Waals surface area contributed by atoms with E-state index in [1.807, 2.05) is 13.1 Å². The van der Waals surface area contributed by atoms with Gasteiger partial charge in [0, 0.05) is 24.5 Å². The lowest BCUT2D eigenvalue weighted by atomic mass is 10.1. The molecule has 2 N–H and O–H groups in total. The highest BCUT2D eigenvalue weighted by molar-refractivity contribution is 5.93. The molecule has 0 bridgehead atoms.